The summed E-state index contributed by atoms with van der Waals surface area (Å²) in [6, 6.07) is 10.7. The summed E-state index contributed by atoms with van der Waals surface area (Å²) in [4.78, 5) is 0. The predicted octanol–water partition coefficient (Wildman–Crippen LogP) is 8.43. The zero-order valence-corrected chi connectivity index (χ0v) is 18.7. The molecule has 0 aromatic heterocycles. The molecule has 1 aromatic rings. The average molecular weight is 374 g/mol. The van der Waals surface area contributed by atoms with E-state index in [0.29, 0.717) is 0 Å². The number of benzene rings is 1. The summed E-state index contributed by atoms with van der Waals surface area (Å²) >= 11 is 0. The fourth-order valence-corrected chi connectivity index (χ4v) is 3.79. The lowest BCUT2D eigenvalue weighted by molar-refractivity contribution is 0.344. The molecule has 0 saturated heterocycles. The molecule has 0 unspecified atom stereocenters. The molecule has 0 radical (unpaired) electrons. The van der Waals surface area contributed by atoms with Gasteiger partial charge in [-0.05, 0) is 25.8 Å². The van der Waals surface area contributed by atoms with E-state index in [9.17, 15) is 0 Å². The van der Waals surface area contributed by atoms with Crippen molar-refractivity contribution in [2.75, 3.05) is 0 Å². The summed E-state index contributed by atoms with van der Waals surface area (Å²) in [6.45, 7) is 7.96. The van der Waals surface area contributed by atoms with Gasteiger partial charge in [0.2, 0.25) is 0 Å². The van der Waals surface area contributed by atoms with E-state index in [1.807, 2.05) is 0 Å². The first-order valence-corrected chi connectivity index (χ1v) is 11.9. The van der Waals surface area contributed by atoms with Gasteiger partial charge in [0.15, 0.2) is 0 Å². The van der Waals surface area contributed by atoms with E-state index in [-0.39, 0.29) is 5.54 Å². The van der Waals surface area contributed by atoms with Crippen LogP contribution in [-0.4, -0.2) is 5.54 Å². The van der Waals surface area contributed by atoms with Crippen LogP contribution >= 0.6 is 0 Å². The topological polar surface area (TPSA) is 12.0 Å². The Hall–Kier alpha value is -0.820. The van der Waals surface area contributed by atoms with Gasteiger partial charge in [-0.2, -0.15) is 0 Å². The second-order valence-corrected chi connectivity index (χ2v) is 9.07. The van der Waals surface area contributed by atoms with E-state index < -0.39 is 0 Å². The molecule has 1 N–H and O–H groups in total. The van der Waals surface area contributed by atoms with Gasteiger partial charge in [-0.1, -0.05) is 127 Å². The maximum absolute atomic E-state index is 3.72. The third kappa shape index (κ3) is 14.9. The van der Waals surface area contributed by atoms with Crippen LogP contribution in [0.4, 0.5) is 0 Å². The summed E-state index contributed by atoms with van der Waals surface area (Å²) in [6.07, 6.45) is 21.4. The van der Waals surface area contributed by atoms with Crippen LogP contribution in [0.3, 0.4) is 0 Å². The molecule has 0 spiro atoms. The number of rotatable bonds is 18. The molecule has 1 aromatic carbocycles. The molecule has 0 saturated carbocycles. The highest BCUT2D eigenvalue weighted by atomic mass is 14.9. The maximum Gasteiger partial charge on any atom is 0.0210 e. The highest BCUT2D eigenvalue weighted by Crippen LogP contribution is 2.17. The van der Waals surface area contributed by atoms with Gasteiger partial charge in [0, 0.05) is 12.1 Å². The first-order valence-electron chi connectivity index (χ1n) is 11.9. The third-order valence-electron chi connectivity index (χ3n) is 5.77. The van der Waals surface area contributed by atoms with Gasteiger partial charge in [-0.3, -0.25) is 0 Å². The summed E-state index contributed by atoms with van der Waals surface area (Å²) < 4.78 is 0. The van der Waals surface area contributed by atoms with E-state index in [0.717, 1.165) is 6.54 Å². The Kier molecular flexibility index (Phi) is 14.5. The van der Waals surface area contributed by atoms with Gasteiger partial charge in [0.05, 0.1) is 0 Å². The monoisotopic (exact) mass is 373 g/mol. The lowest BCUT2D eigenvalue weighted by Crippen LogP contribution is -2.38. The highest BCUT2D eigenvalue weighted by molar-refractivity contribution is 5.14. The molecule has 0 aliphatic heterocycles. The number of hydrogen-bond acceptors (Lipinski definition) is 1. The molecule has 0 aliphatic rings. The normalized spacial score (nSPS) is 11.8. The van der Waals surface area contributed by atoms with Crippen molar-refractivity contribution < 1.29 is 0 Å². The van der Waals surface area contributed by atoms with Gasteiger partial charge < -0.3 is 5.32 Å². The van der Waals surface area contributed by atoms with Gasteiger partial charge in [0.1, 0.15) is 0 Å². The van der Waals surface area contributed by atoms with Crippen LogP contribution in [0.1, 0.15) is 123 Å². The lowest BCUT2D eigenvalue weighted by Gasteiger charge is -2.26. The van der Waals surface area contributed by atoms with Crippen molar-refractivity contribution >= 4 is 0 Å². The fraction of sp³-hybridized carbons (Fsp3) is 0.769. The van der Waals surface area contributed by atoms with E-state index >= 15 is 0 Å². The van der Waals surface area contributed by atoms with Crippen molar-refractivity contribution in [1.82, 2.24) is 5.32 Å². The smallest absolute Gasteiger partial charge is 0.0210 e. The number of unbranched alkanes of at least 4 members (excludes halogenated alkanes) is 13. The quantitative estimate of drug-likeness (QED) is 0.255. The fourth-order valence-electron chi connectivity index (χ4n) is 3.79. The SMILES string of the molecule is CCCCCCCCCCCCCCCCC(C)(C)NCc1ccccc1. The Morgan fingerprint density at radius 1 is 0.630 bits per heavy atom. The Morgan fingerprint density at radius 2 is 1.07 bits per heavy atom. The molecule has 0 amide bonds. The Labute approximate surface area is 170 Å². The van der Waals surface area contributed by atoms with Crippen LogP contribution in [0, 0.1) is 0 Å². The molecule has 0 fully saturated rings. The average Bonchev–Trinajstić information content (AvgIpc) is 2.67. The molecule has 0 bridgehead atoms. The second kappa shape index (κ2) is 16.2. The van der Waals surface area contributed by atoms with Crippen LogP contribution in [0.15, 0.2) is 30.3 Å². The third-order valence-corrected chi connectivity index (χ3v) is 5.77. The Morgan fingerprint density at radius 3 is 1.56 bits per heavy atom. The van der Waals surface area contributed by atoms with E-state index in [1.54, 1.807) is 0 Å². The predicted molar refractivity (Wildman–Crippen MR) is 122 cm³/mol. The molecule has 1 rings (SSSR count). The molecular formula is C26H47N. The second-order valence-electron chi connectivity index (χ2n) is 9.07. The minimum Gasteiger partial charge on any atom is -0.308 e. The van der Waals surface area contributed by atoms with Crippen molar-refractivity contribution in [3.8, 4) is 0 Å². The number of hydrogen-bond donors (Lipinski definition) is 1. The van der Waals surface area contributed by atoms with Crippen molar-refractivity contribution in [3.63, 3.8) is 0 Å². The lowest BCUT2D eigenvalue weighted by atomic mass is 9.95. The zero-order chi connectivity index (χ0) is 19.6. The first-order chi connectivity index (χ1) is 13.1. The largest absolute Gasteiger partial charge is 0.308 e. The molecule has 1 nitrogen and oxygen atoms in total. The van der Waals surface area contributed by atoms with E-state index in [1.165, 1.54) is 102 Å². The van der Waals surface area contributed by atoms with Gasteiger partial charge in [0.25, 0.3) is 0 Å². The highest BCUT2D eigenvalue weighted by Gasteiger charge is 2.15. The minimum absolute atomic E-state index is 0.243. The summed E-state index contributed by atoms with van der Waals surface area (Å²) in [7, 11) is 0. The molecule has 0 heterocycles. The zero-order valence-electron chi connectivity index (χ0n) is 18.7. The van der Waals surface area contributed by atoms with Gasteiger partial charge >= 0.3 is 0 Å². The van der Waals surface area contributed by atoms with Crippen LogP contribution in [0.25, 0.3) is 0 Å². The molecule has 0 aliphatic carbocycles. The maximum atomic E-state index is 3.72. The molecule has 156 valence electrons. The Balaban J connectivity index is 1.86. The van der Waals surface area contributed by atoms with Gasteiger partial charge in [-0.25, -0.2) is 0 Å². The van der Waals surface area contributed by atoms with Gasteiger partial charge in [-0.15, -0.1) is 0 Å². The van der Waals surface area contributed by atoms with Crippen molar-refractivity contribution in [2.45, 2.75) is 129 Å². The molecule has 0 atom stereocenters. The molecule has 27 heavy (non-hydrogen) atoms. The Bertz CT molecular complexity index is 423. The van der Waals surface area contributed by atoms with E-state index in [2.05, 4.69) is 56.4 Å². The van der Waals surface area contributed by atoms with Crippen molar-refractivity contribution in [1.29, 1.82) is 0 Å². The summed E-state index contributed by atoms with van der Waals surface area (Å²) in [5, 5.41) is 3.72. The van der Waals surface area contributed by atoms with E-state index in [4.69, 9.17) is 0 Å². The minimum atomic E-state index is 0.243. The summed E-state index contributed by atoms with van der Waals surface area (Å²) in [5.41, 5.74) is 1.62. The number of nitrogens with one attached hydrogen (secondary N) is 1. The first kappa shape index (κ1) is 24.2. The van der Waals surface area contributed by atoms with Crippen molar-refractivity contribution in [2.24, 2.45) is 0 Å². The van der Waals surface area contributed by atoms with Crippen LogP contribution in [0.5, 0.6) is 0 Å². The van der Waals surface area contributed by atoms with Crippen molar-refractivity contribution in [3.05, 3.63) is 35.9 Å². The molecular weight excluding hydrogens is 326 g/mol. The van der Waals surface area contributed by atoms with Crippen LogP contribution in [-0.2, 0) is 6.54 Å². The van der Waals surface area contributed by atoms with Crippen LogP contribution in [0.2, 0.25) is 0 Å². The van der Waals surface area contributed by atoms with Crippen LogP contribution < -0.4 is 5.32 Å². The molecule has 1 heteroatoms. The standard InChI is InChI=1S/C26H47N/c1-4-5-6-7-8-9-10-11-12-13-14-15-16-20-23-26(2,3)27-24-25-21-18-17-19-22-25/h17-19,21-22,27H,4-16,20,23-24H2,1-3H3. The summed E-state index contributed by atoms with van der Waals surface area (Å²) in [5.74, 6) is 0.